The van der Waals surface area contributed by atoms with Crippen LogP contribution < -0.4 is 4.74 Å². The Morgan fingerprint density at radius 3 is 2.38 bits per heavy atom. The molecule has 2 nitrogen and oxygen atoms in total. The predicted molar refractivity (Wildman–Crippen MR) is 92.7 cm³/mol. The standard InChI is InChI=1S/C21H17FO2/c1-12-8-14-11-17(24-3)5-6-18(14)20(23)21(12)13(2)9-15-10-16(22)4-7-19(15)21/h4-11H,1-3H3. The number of ketones is 1. The van der Waals surface area contributed by atoms with Gasteiger partial charge in [0.25, 0.3) is 0 Å². The Kier molecular flexibility index (Phi) is 3.04. The molecule has 0 heterocycles. The number of hydrogen-bond donors (Lipinski definition) is 0. The minimum atomic E-state index is -0.815. The van der Waals surface area contributed by atoms with Crippen molar-refractivity contribution in [2.45, 2.75) is 19.3 Å². The number of fused-ring (bicyclic) bond motifs is 3. The van der Waals surface area contributed by atoms with Gasteiger partial charge < -0.3 is 4.74 Å². The second kappa shape index (κ2) is 4.91. The topological polar surface area (TPSA) is 26.3 Å². The largest absolute Gasteiger partial charge is 0.497 e. The highest BCUT2D eigenvalue weighted by atomic mass is 19.1. The molecule has 1 unspecified atom stereocenters. The van der Waals surface area contributed by atoms with E-state index in [1.54, 1.807) is 19.2 Å². The summed E-state index contributed by atoms with van der Waals surface area (Å²) < 4.78 is 18.9. The van der Waals surface area contributed by atoms with Gasteiger partial charge in [-0.2, -0.15) is 0 Å². The summed E-state index contributed by atoms with van der Waals surface area (Å²) in [7, 11) is 1.61. The van der Waals surface area contributed by atoms with Crippen LogP contribution in [0.5, 0.6) is 5.75 Å². The molecule has 0 bridgehead atoms. The first-order valence-electron chi connectivity index (χ1n) is 7.89. The van der Waals surface area contributed by atoms with E-state index < -0.39 is 5.41 Å². The van der Waals surface area contributed by atoms with Crippen LogP contribution in [-0.2, 0) is 5.41 Å². The monoisotopic (exact) mass is 320 g/mol. The lowest BCUT2D eigenvalue weighted by atomic mass is 9.64. The van der Waals surface area contributed by atoms with Gasteiger partial charge in [-0.15, -0.1) is 0 Å². The van der Waals surface area contributed by atoms with Crippen LogP contribution in [-0.4, -0.2) is 12.9 Å². The molecular formula is C21H17FO2. The van der Waals surface area contributed by atoms with Gasteiger partial charge in [-0.25, -0.2) is 4.39 Å². The van der Waals surface area contributed by atoms with Crippen LogP contribution in [0.15, 0.2) is 47.5 Å². The van der Waals surface area contributed by atoms with E-state index in [0.29, 0.717) is 5.56 Å². The number of allylic oxidation sites excluding steroid dienone is 2. The second-order valence-corrected chi connectivity index (χ2v) is 6.42. The lowest BCUT2D eigenvalue weighted by Crippen LogP contribution is -2.39. The fraction of sp³-hybridized carbons (Fsp3) is 0.190. The van der Waals surface area contributed by atoms with Gasteiger partial charge in [0, 0.05) is 5.56 Å². The van der Waals surface area contributed by atoms with E-state index in [1.807, 2.05) is 38.1 Å². The van der Waals surface area contributed by atoms with Gasteiger partial charge in [0.15, 0.2) is 5.78 Å². The second-order valence-electron chi connectivity index (χ2n) is 6.42. The first-order valence-corrected chi connectivity index (χ1v) is 7.89. The van der Waals surface area contributed by atoms with E-state index in [1.165, 1.54) is 12.1 Å². The summed E-state index contributed by atoms with van der Waals surface area (Å²) in [5.41, 5.74) is 4.25. The average Bonchev–Trinajstić information content (AvgIpc) is 2.84. The van der Waals surface area contributed by atoms with E-state index >= 15 is 0 Å². The number of benzene rings is 2. The molecule has 0 radical (unpaired) electrons. The zero-order valence-electron chi connectivity index (χ0n) is 13.8. The lowest BCUT2D eigenvalue weighted by Gasteiger charge is -2.36. The first kappa shape index (κ1) is 14.9. The van der Waals surface area contributed by atoms with E-state index in [2.05, 4.69) is 0 Å². The van der Waals surface area contributed by atoms with Crippen molar-refractivity contribution in [1.82, 2.24) is 0 Å². The van der Waals surface area contributed by atoms with Crippen LogP contribution in [0.1, 0.15) is 40.9 Å². The number of rotatable bonds is 1. The Morgan fingerprint density at radius 2 is 1.67 bits per heavy atom. The van der Waals surface area contributed by atoms with Gasteiger partial charge in [0.2, 0.25) is 0 Å². The third-order valence-electron chi connectivity index (χ3n) is 5.19. The van der Waals surface area contributed by atoms with Crippen LogP contribution in [0.2, 0.25) is 0 Å². The number of ether oxygens (including phenoxy) is 1. The highest BCUT2D eigenvalue weighted by Crippen LogP contribution is 2.51. The summed E-state index contributed by atoms with van der Waals surface area (Å²) >= 11 is 0. The molecule has 0 N–H and O–H groups in total. The predicted octanol–water partition coefficient (Wildman–Crippen LogP) is 4.79. The van der Waals surface area contributed by atoms with E-state index in [4.69, 9.17) is 4.74 Å². The minimum Gasteiger partial charge on any atom is -0.497 e. The summed E-state index contributed by atoms with van der Waals surface area (Å²) in [6.07, 6.45) is 3.96. The average molecular weight is 320 g/mol. The molecule has 0 amide bonds. The lowest BCUT2D eigenvalue weighted by molar-refractivity contribution is 0.0931. The van der Waals surface area contributed by atoms with Crippen LogP contribution in [0.3, 0.4) is 0 Å². The Bertz CT molecular complexity index is 952. The van der Waals surface area contributed by atoms with E-state index in [9.17, 15) is 9.18 Å². The minimum absolute atomic E-state index is 0.0410. The molecule has 0 aromatic heterocycles. The van der Waals surface area contributed by atoms with Crippen LogP contribution >= 0.6 is 0 Å². The van der Waals surface area contributed by atoms with Crippen LogP contribution in [0.25, 0.3) is 12.2 Å². The van der Waals surface area contributed by atoms with Gasteiger partial charge in [0.1, 0.15) is 17.0 Å². The smallest absolute Gasteiger partial charge is 0.182 e. The quantitative estimate of drug-likeness (QED) is 0.755. The van der Waals surface area contributed by atoms with Crippen molar-refractivity contribution in [1.29, 1.82) is 0 Å². The normalized spacial score (nSPS) is 21.2. The highest BCUT2D eigenvalue weighted by molar-refractivity contribution is 6.15. The summed E-state index contributed by atoms with van der Waals surface area (Å²) in [6.45, 7) is 3.91. The zero-order valence-corrected chi connectivity index (χ0v) is 13.8. The number of hydrogen-bond acceptors (Lipinski definition) is 2. The molecule has 2 aromatic rings. The summed E-state index contributed by atoms with van der Waals surface area (Å²) in [6, 6.07) is 10.2. The Hall–Kier alpha value is -2.68. The molecular weight excluding hydrogens is 303 g/mol. The molecule has 2 aliphatic rings. The maximum absolute atomic E-state index is 13.6. The highest BCUT2D eigenvalue weighted by Gasteiger charge is 2.49. The van der Waals surface area contributed by atoms with Crippen molar-refractivity contribution in [3.63, 3.8) is 0 Å². The summed E-state index contributed by atoms with van der Waals surface area (Å²) in [5, 5.41) is 0. The maximum atomic E-state index is 13.6. The number of carbonyl (C=O) groups excluding carboxylic acids is 1. The number of carbonyl (C=O) groups is 1. The molecule has 1 atom stereocenters. The Labute approximate surface area is 140 Å². The molecule has 2 aliphatic carbocycles. The van der Waals surface area contributed by atoms with Crippen LogP contribution in [0, 0.1) is 5.82 Å². The first-order chi connectivity index (χ1) is 11.5. The molecule has 0 saturated heterocycles. The number of methoxy groups -OCH3 is 1. The molecule has 2 aromatic carbocycles. The van der Waals surface area contributed by atoms with E-state index in [0.717, 1.165) is 33.6 Å². The van der Waals surface area contributed by atoms with Gasteiger partial charge in [0.05, 0.1) is 7.11 Å². The molecule has 0 saturated carbocycles. The van der Waals surface area contributed by atoms with Crippen molar-refractivity contribution >= 4 is 17.9 Å². The molecule has 0 fully saturated rings. The molecule has 24 heavy (non-hydrogen) atoms. The molecule has 1 spiro atoms. The SMILES string of the molecule is COc1ccc2c(c1)C=C(C)C1(C2=O)C(C)=Cc2cc(F)ccc21. The number of halogens is 1. The van der Waals surface area contributed by atoms with Crippen molar-refractivity contribution < 1.29 is 13.9 Å². The van der Waals surface area contributed by atoms with E-state index in [-0.39, 0.29) is 11.6 Å². The van der Waals surface area contributed by atoms with Gasteiger partial charge in [-0.1, -0.05) is 29.4 Å². The summed E-state index contributed by atoms with van der Waals surface area (Å²) in [4.78, 5) is 13.5. The molecule has 120 valence electrons. The van der Waals surface area contributed by atoms with Crippen molar-refractivity contribution in [3.05, 3.63) is 75.6 Å². The fourth-order valence-corrected chi connectivity index (χ4v) is 4.09. The van der Waals surface area contributed by atoms with Crippen molar-refractivity contribution in [2.75, 3.05) is 7.11 Å². The van der Waals surface area contributed by atoms with Gasteiger partial charge in [-0.05, 0) is 60.9 Å². The maximum Gasteiger partial charge on any atom is 0.182 e. The molecule has 0 aliphatic heterocycles. The Morgan fingerprint density at radius 1 is 0.958 bits per heavy atom. The molecule has 4 rings (SSSR count). The number of Topliss-reactive ketones (excluding diaryl/α,β-unsaturated/α-hetero) is 1. The Balaban J connectivity index is 1.99. The van der Waals surface area contributed by atoms with Gasteiger partial charge >= 0.3 is 0 Å². The fourth-order valence-electron chi connectivity index (χ4n) is 4.09. The molecule has 3 heteroatoms. The van der Waals surface area contributed by atoms with Crippen molar-refractivity contribution in [2.24, 2.45) is 0 Å². The zero-order chi connectivity index (χ0) is 17.1. The van der Waals surface area contributed by atoms with Crippen molar-refractivity contribution in [3.8, 4) is 5.75 Å². The third-order valence-corrected chi connectivity index (χ3v) is 5.19. The van der Waals surface area contributed by atoms with Crippen LogP contribution in [0.4, 0.5) is 4.39 Å². The van der Waals surface area contributed by atoms with Gasteiger partial charge in [-0.3, -0.25) is 4.79 Å². The summed E-state index contributed by atoms with van der Waals surface area (Å²) in [5.74, 6) is 0.479. The third kappa shape index (κ3) is 1.72.